The molecule has 1 rings (SSSR count). The molecule has 1 heterocycles. The standard InChI is InChI=1S/C6H7F3O2/c7-6(8,9)5-3-11-2-4(5)1-10/h1,4-5H,2-3H2. The Bertz CT molecular complexity index is 154. The van der Waals surface area contributed by atoms with Gasteiger partial charge in [-0.3, -0.25) is 0 Å². The van der Waals surface area contributed by atoms with Crippen LogP contribution in [0, 0.1) is 11.8 Å². The van der Waals surface area contributed by atoms with Crippen LogP contribution in [-0.4, -0.2) is 25.7 Å². The zero-order valence-corrected chi connectivity index (χ0v) is 5.60. The van der Waals surface area contributed by atoms with Crippen molar-refractivity contribution in [3.63, 3.8) is 0 Å². The number of hydrogen-bond donors (Lipinski definition) is 0. The number of rotatable bonds is 1. The van der Waals surface area contributed by atoms with Gasteiger partial charge in [0.1, 0.15) is 6.29 Å². The molecule has 1 saturated heterocycles. The first-order chi connectivity index (χ1) is 5.05. The molecular formula is C6H7F3O2. The summed E-state index contributed by atoms with van der Waals surface area (Å²) < 4.78 is 40.4. The fourth-order valence-corrected chi connectivity index (χ4v) is 1.04. The number of alkyl halides is 3. The third-order valence-electron chi connectivity index (χ3n) is 1.72. The molecule has 0 saturated carbocycles. The van der Waals surface area contributed by atoms with Gasteiger partial charge in [-0.25, -0.2) is 0 Å². The molecule has 11 heavy (non-hydrogen) atoms. The molecule has 0 spiro atoms. The van der Waals surface area contributed by atoms with Crippen molar-refractivity contribution in [2.24, 2.45) is 11.8 Å². The van der Waals surface area contributed by atoms with Crippen molar-refractivity contribution in [3.05, 3.63) is 0 Å². The van der Waals surface area contributed by atoms with Crippen LogP contribution in [0.2, 0.25) is 0 Å². The van der Waals surface area contributed by atoms with Crippen LogP contribution in [0.5, 0.6) is 0 Å². The number of aldehydes is 1. The highest BCUT2D eigenvalue weighted by atomic mass is 19.4. The SMILES string of the molecule is O=CC1COCC1C(F)(F)F. The second-order valence-corrected chi connectivity index (χ2v) is 2.49. The summed E-state index contributed by atoms with van der Waals surface area (Å²) in [5, 5.41) is 0. The summed E-state index contributed by atoms with van der Waals surface area (Å²) in [7, 11) is 0. The predicted molar refractivity (Wildman–Crippen MR) is 29.9 cm³/mol. The summed E-state index contributed by atoms with van der Waals surface area (Å²) >= 11 is 0. The van der Waals surface area contributed by atoms with Gasteiger partial charge in [-0.1, -0.05) is 0 Å². The van der Waals surface area contributed by atoms with E-state index in [9.17, 15) is 18.0 Å². The molecule has 0 amide bonds. The lowest BCUT2D eigenvalue weighted by Gasteiger charge is -2.15. The second-order valence-electron chi connectivity index (χ2n) is 2.49. The maximum Gasteiger partial charge on any atom is 0.394 e. The van der Waals surface area contributed by atoms with Gasteiger partial charge in [0, 0.05) is 0 Å². The maximum absolute atomic E-state index is 12.0. The monoisotopic (exact) mass is 168 g/mol. The van der Waals surface area contributed by atoms with E-state index in [2.05, 4.69) is 4.74 Å². The molecule has 64 valence electrons. The van der Waals surface area contributed by atoms with E-state index in [1.165, 1.54) is 0 Å². The molecule has 2 atom stereocenters. The summed E-state index contributed by atoms with van der Waals surface area (Å²) in [6.45, 7) is -0.486. The highest BCUT2D eigenvalue weighted by molar-refractivity contribution is 5.54. The van der Waals surface area contributed by atoms with Gasteiger partial charge in [-0.15, -0.1) is 0 Å². The Morgan fingerprint density at radius 3 is 2.36 bits per heavy atom. The molecule has 0 aromatic rings. The van der Waals surface area contributed by atoms with Crippen LogP contribution in [-0.2, 0) is 9.53 Å². The molecule has 0 N–H and O–H groups in total. The van der Waals surface area contributed by atoms with Gasteiger partial charge < -0.3 is 9.53 Å². The van der Waals surface area contributed by atoms with E-state index in [0.717, 1.165) is 0 Å². The van der Waals surface area contributed by atoms with E-state index in [0.29, 0.717) is 6.29 Å². The van der Waals surface area contributed by atoms with E-state index in [-0.39, 0.29) is 13.2 Å². The molecule has 2 unspecified atom stereocenters. The van der Waals surface area contributed by atoms with Crippen molar-refractivity contribution >= 4 is 6.29 Å². The van der Waals surface area contributed by atoms with Gasteiger partial charge in [0.25, 0.3) is 0 Å². The van der Waals surface area contributed by atoms with Crippen LogP contribution in [0.25, 0.3) is 0 Å². The number of carbonyl (C=O) groups excluding carboxylic acids is 1. The van der Waals surface area contributed by atoms with Gasteiger partial charge in [0.15, 0.2) is 0 Å². The van der Waals surface area contributed by atoms with Crippen molar-refractivity contribution in [1.29, 1.82) is 0 Å². The number of carbonyl (C=O) groups is 1. The van der Waals surface area contributed by atoms with Crippen molar-refractivity contribution < 1.29 is 22.7 Å². The number of halogens is 3. The minimum absolute atomic E-state index is 0.103. The van der Waals surface area contributed by atoms with E-state index in [1.807, 2.05) is 0 Å². The average molecular weight is 168 g/mol. The van der Waals surface area contributed by atoms with E-state index in [4.69, 9.17) is 0 Å². The predicted octanol–water partition coefficient (Wildman–Crippen LogP) is 1.01. The molecule has 1 fully saturated rings. The van der Waals surface area contributed by atoms with Crippen LogP contribution in [0.15, 0.2) is 0 Å². The highest BCUT2D eigenvalue weighted by Gasteiger charge is 2.47. The molecule has 0 radical (unpaired) electrons. The smallest absolute Gasteiger partial charge is 0.380 e. The second kappa shape index (κ2) is 2.81. The summed E-state index contributed by atoms with van der Waals surface area (Å²) in [5.74, 6) is -2.60. The van der Waals surface area contributed by atoms with Crippen LogP contribution < -0.4 is 0 Å². The molecule has 0 aromatic carbocycles. The van der Waals surface area contributed by atoms with Crippen LogP contribution in [0.3, 0.4) is 0 Å². The van der Waals surface area contributed by atoms with Crippen molar-refractivity contribution in [3.8, 4) is 0 Å². The Hall–Kier alpha value is -0.580. The van der Waals surface area contributed by atoms with Crippen molar-refractivity contribution in [2.45, 2.75) is 6.18 Å². The summed E-state index contributed by atoms with van der Waals surface area (Å²) in [4.78, 5) is 10.1. The first-order valence-electron chi connectivity index (χ1n) is 3.15. The third kappa shape index (κ3) is 1.71. The summed E-state index contributed by atoms with van der Waals surface area (Å²) in [5.41, 5.74) is 0. The van der Waals surface area contributed by atoms with Gasteiger partial charge in [-0.05, 0) is 0 Å². The van der Waals surface area contributed by atoms with E-state index in [1.54, 1.807) is 0 Å². The zero-order chi connectivity index (χ0) is 8.48. The van der Waals surface area contributed by atoms with Gasteiger partial charge in [-0.2, -0.15) is 13.2 Å². The minimum Gasteiger partial charge on any atom is -0.380 e. The van der Waals surface area contributed by atoms with Gasteiger partial charge in [0.05, 0.1) is 25.0 Å². The molecule has 5 heteroatoms. The van der Waals surface area contributed by atoms with Crippen LogP contribution in [0.4, 0.5) is 13.2 Å². The first kappa shape index (κ1) is 8.52. The van der Waals surface area contributed by atoms with Crippen LogP contribution >= 0.6 is 0 Å². The number of ether oxygens (including phenoxy) is 1. The molecule has 0 bridgehead atoms. The Labute approximate surface area is 61.3 Å². The molecule has 2 nitrogen and oxygen atoms in total. The lowest BCUT2D eigenvalue weighted by atomic mass is 9.97. The largest absolute Gasteiger partial charge is 0.394 e. The van der Waals surface area contributed by atoms with Gasteiger partial charge in [0.2, 0.25) is 0 Å². The third-order valence-corrected chi connectivity index (χ3v) is 1.72. The first-order valence-corrected chi connectivity index (χ1v) is 3.15. The maximum atomic E-state index is 12.0. The van der Waals surface area contributed by atoms with Crippen LogP contribution in [0.1, 0.15) is 0 Å². The molecule has 0 aliphatic carbocycles. The normalized spacial score (nSPS) is 32.3. The fraction of sp³-hybridized carbons (Fsp3) is 0.833. The van der Waals surface area contributed by atoms with E-state index >= 15 is 0 Å². The van der Waals surface area contributed by atoms with E-state index < -0.39 is 18.0 Å². The summed E-state index contributed by atoms with van der Waals surface area (Å²) in [6.07, 6.45) is -3.99. The lowest BCUT2D eigenvalue weighted by molar-refractivity contribution is -0.182. The number of hydrogen-bond acceptors (Lipinski definition) is 2. The zero-order valence-electron chi connectivity index (χ0n) is 5.60. The summed E-state index contributed by atoms with van der Waals surface area (Å²) in [6, 6.07) is 0. The Kier molecular flexibility index (Phi) is 2.17. The van der Waals surface area contributed by atoms with Crippen molar-refractivity contribution in [1.82, 2.24) is 0 Å². The Morgan fingerprint density at radius 2 is 2.00 bits per heavy atom. The van der Waals surface area contributed by atoms with Crippen molar-refractivity contribution in [2.75, 3.05) is 13.2 Å². The highest BCUT2D eigenvalue weighted by Crippen LogP contribution is 2.35. The molecule has 1 aliphatic heterocycles. The quantitative estimate of drug-likeness (QED) is 0.546. The Morgan fingerprint density at radius 1 is 1.36 bits per heavy atom. The molecule has 0 aromatic heterocycles. The van der Waals surface area contributed by atoms with Gasteiger partial charge >= 0.3 is 6.18 Å². The fourth-order valence-electron chi connectivity index (χ4n) is 1.04. The average Bonchev–Trinajstić information content (AvgIpc) is 2.31. The minimum atomic E-state index is -4.30. The molecule has 1 aliphatic rings. The lowest BCUT2D eigenvalue weighted by Crippen LogP contribution is -2.29. The Balaban J connectivity index is 2.63. The topological polar surface area (TPSA) is 26.3 Å². The molecular weight excluding hydrogens is 161 g/mol.